The second-order valence-corrected chi connectivity index (χ2v) is 0. The van der Waals surface area contributed by atoms with Gasteiger partial charge in [0.2, 0.25) is 0 Å². The number of hydrogen-bond donors (Lipinski definition) is 0. The molecule has 4 heavy (non-hydrogen) atoms. The minimum absolute atomic E-state index is 0. The van der Waals surface area contributed by atoms with E-state index in [1.54, 1.807) is 0 Å². The van der Waals surface area contributed by atoms with E-state index in [4.69, 9.17) is 0 Å². The van der Waals surface area contributed by atoms with Crippen molar-refractivity contribution >= 4 is 21.9 Å². The first-order valence-electron chi connectivity index (χ1n) is 0. The van der Waals surface area contributed by atoms with Crippen LogP contribution in [0, 0.1) is 0 Å². The van der Waals surface area contributed by atoms with E-state index in [2.05, 4.69) is 0 Å². The Morgan fingerprint density at radius 2 is 0.500 bits per heavy atom. The molecule has 4 heteroatoms. The third-order valence-corrected chi connectivity index (χ3v) is 0. The fourth-order valence-electron chi connectivity index (χ4n) is 0. The Morgan fingerprint density at radius 3 is 0.500 bits per heavy atom. The second-order valence-electron chi connectivity index (χ2n) is 0. The van der Waals surface area contributed by atoms with Crippen LogP contribution in [0.2, 0.25) is 0 Å². The summed E-state index contributed by atoms with van der Waals surface area (Å²) in [5.41, 5.74) is 0. The molecule has 10 radical (unpaired) electrons. The van der Waals surface area contributed by atoms with Crippen LogP contribution in [-0.4, -0.2) is 21.9 Å². The summed E-state index contributed by atoms with van der Waals surface area (Å²) in [6.45, 7) is 0. The molecular weight excluding hydrogens is 183 g/mol. The molecule has 0 nitrogen and oxygen atoms in total. The van der Waals surface area contributed by atoms with Crippen molar-refractivity contribution in [1.82, 2.24) is 0 Å². The molecule has 0 N–H and O–H groups in total. The summed E-state index contributed by atoms with van der Waals surface area (Å²) in [5, 5.41) is 0. The third-order valence-electron chi connectivity index (χ3n) is 0. The number of rotatable bonds is 0. The summed E-state index contributed by atoms with van der Waals surface area (Å²) < 4.78 is 0. The first-order valence-corrected chi connectivity index (χ1v) is 0. The average Bonchev–Trinajstić information content (AvgIpc) is 0. The Balaban J connectivity index is 0. The Hall–Kier alpha value is 1.47. The summed E-state index contributed by atoms with van der Waals surface area (Å²) in [4.78, 5) is 0. The van der Waals surface area contributed by atoms with Gasteiger partial charge in [0, 0.05) is 56.1 Å². The molecule has 0 aliphatic carbocycles. The van der Waals surface area contributed by atoms with E-state index in [1.807, 2.05) is 0 Å². The van der Waals surface area contributed by atoms with Crippen molar-refractivity contribution in [2.45, 2.75) is 0 Å². The molecule has 0 saturated heterocycles. The summed E-state index contributed by atoms with van der Waals surface area (Å²) in [7, 11) is 0. The Bertz CT molecular complexity index is 4.00. The topological polar surface area (TPSA) is 0 Å². The van der Waals surface area contributed by atoms with Crippen molar-refractivity contribution in [2.24, 2.45) is 0 Å². The number of hydrogen-bond acceptors (Lipinski definition) is 0. The van der Waals surface area contributed by atoms with Gasteiger partial charge in [0.15, 0.2) is 0 Å². The van der Waals surface area contributed by atoms with Crippen LogP contribution < -0.4 is 0 Å². The maximum atomic E-state index is 0. The van der Waals surface area contributed by atoms with Crippen LogP contribution in [0.5, 0.6) is 0 Å². The van der Waals surface area contributed by atoms with Crippen LogP contribution in [0.4, 0.5) is 0 Å². The van der Waals surface area contributed by atoms with Crippen molar-refractivity contribution in [3.05, 3.63) is 0 Å². The zero-order chi connectivity index (χ0) is 0. The summed E-state index contributed by atoms with van der Waals surface area (Å²) >= 11 is 0. The molecule has 0 bridgehead atoms. The normalized spacial score (nSPS) is 0. The summed E-state index contributed by atoms with van der Waals surface area (Å²) in [6.07, 6.45) is 0. The van der Waals surface area contributed by atoms with E-state index in [-0.39, 0.29) is 56.1 Å². The standard InChI is InChI=1S/2Cu.2Si. The molecule has 0 amide bonds. The minimum atomic E-state index is 0. The SMILES string of the molecule is [Cu].[Cu].[Si].[Si]. The van der Waals surface area contributed by atoms with Crippen LogP contribution in [-0.2, 0) is 34.1 Å². The molecule has 0 heterocycles. The van der Waals surface area contributed by atoms with Crippen molar-refractivity contribution in [2.75, 3.05) is 0 Å². The summed E-state index contributed by atoms with van der Waals surface area (Å²) in [5.74, 6) is 0. The maximum Gasteiger partial charge on any atom is 0 e. The molecule has 0 aromatic heterocycles. The zero-order valence-corrected chi connectivity index (χ0v) is 5.49. The van der Waals surface area contributed by atoms with Gasteiger partial charge in [-0.2, -0.15) is 0 Å². The van der Waals surface area contributed by atoms with Gasteiger partial charge in [0.05, 0.1) is 0 Å². The molecule has 0 atom stereocenters. The molecule has 0 aliphatic rings. The fourth-order valence-corrected chi connectivity index (χ4v) is 0. The van der Waals surface area contributed by atoms with Crippen LogP contribution in [0.1, 0.15) is 0 Å². The maximum absolute atomic E-state index is 0. The third kappa shape index (κ3) is 9.79. The van der Waals surface area contributed by atoms with Crippen molar-refractivity contribution < 1.29 is 34.1 Å². The molecule has 0 aromatic carbocycles. The molecule has 0 spiro atoms. The smallest absolute Gasteiger partial charge is 0 e. The minimum Gasteiger partial charge on any atom is 0 e. The van der Waals surface area contributed by atoms with Crippen molar-refractivity contribution in [1.29, 1.82) is 0 Å². The molecule has 0 saturated carbocycles. The predicted octanol–water partition coefficient (Wildman–Crippen LogP) is -0.767. The van der Waals surface area contributed by atoms with Crippen molar-refractivity contribution in [3.8, 4) is 0 Å². The zero-order valence-electron chi connectivity index (χ0n) is 1.60. The van der Waals surface area contributed by atoms with E-state index in [9.17, 15) is 0 Å². The molecule has 0 aromatic rings. The molecule has 0 unspecified atom stereocenters. The first-order chi connectivity index (χ1) is 0. The Morgan fingerprint density at radius 1 is 0.500 bits per heavy atom. The average molecular weight is 183 g/mol. The van der Waals surface area contributed by atoms with Crippen LogP contribution in [0.25, 0.3) is 0 Å². The van der Waals surface area contributed by atoms with Gasteiger partial charge in [0.1, 0.15) is 0 Å². The monoisotopic (exact) mass is 182 g/mol. The van der Waals surface area contributed by atoms with E-state index in [1.165, 1.54) is 0 Å². The molecule has 0 fully saturated rings. The summed E-state index contributed by atoms with van der Waals surface area (Å²) in [6, 6.07) is 0. The van der Waals surface area contributed by atoms with E-state index in [0.717, 1.165) is 0 Å². The van der Waals surface area contributed by atoms with Crippen LogP contribution in [0.3, 0.4) is 0 Å². The second kappa shape index (κ2) is 24.9. The quantitative estimate of drug-likeness (QED) is 0.433. The van der Waals surface area contributed by atoms with E-state index < -0.39 is 0 Å². The van der Waals surface area contributed by atoms with Gasteiger partial charge in [-0.05, 0) is 0 Å². The van der Waals surface area contributed by atoms with Gasteiger partial charge in [-0.15, -0.1) is 0 Å². The van der Waals surface area contributed by atoms with Gasteiger partial charge in [-0.1, -0.05) is 0 Å². The molecule has 0 rings (SSSR count). The van der Waals surface area contributed by atoms with Gasteiger partial charge < -0.3 is 0 Å². The molecular formula is Cu2Si2. The molecule has 0 aliphatic heterocycles. The Kier molecular flexibility index (Phi) is 314. The van der Waals surface area contributed by atoms with E-state index in [0.29, 0.717) is 0 Å². The fraction of sp³-hybridized carbons (Fsp3) is 0. The van der Waals surface area contributed by atoms with Gasteiger partial charge in [0.25, 0.3) is 0 Å². The largest absolute Gasteiger partial charge is 0 e. The predicted molar refractivity (Wildman–Crippen MR) is 11.5 cm³/mol. The van der Waals surface area contributed by atoms with Crippen LogP contribution in [0.15, 0.2) is 0 Å². The van der Waals surface area contributed by atoms with E-state index >= 15 is 0 Å². The van der Waals surface area contributed by atoms with Gasteiger partial charge in [-0.25, -0.2) is 0 Å². The van der Waals surface area contributed by atoms with Crippen LogP contribution >= 0.6 is 0 Å². The molecule has 30 valence electrons. The van der Waals surface area contributed by atoms with Gasteiger partial charge in [-0.3, -0.25) is 0 Å². The first kappa shape index (κ1) is 50.5. The Labute approximate surface area is 56.1 Å². The van der Waals surface area contributed by atoms with Crippen molar-refractivity contribution in [3.63, 3.8) is 0 Å². The van der Waals surface area contributed by atoms with Gasteiger partial charge >= 0.3 is 0 Å².